The van der Waals surface area contributed by atoms with Gasteiger partial charge in [0.2, 0.25) is 0 Å². The van der Waals surface area contributed by atoms with Crippen LogP contribution in [0.3, 0.4) is 0 Å². The van der Waals surface area contributed by atoms with E-state index in [1.807, 2.05) is 16.7 Å². The number of rotatable bonds is 3. The number of nitrogens with zero attached hydrogens (tertiary/aromatic N) is 2. The molecule has 92 valence electrons. The second kappa shape index (κ2) is 5.35. The van der Waals surface area contributed by atoms with Crippen LogP contribution < -0.4 is 4.90 Å². The normalized spacial score (nSPS) is 15.8. The maximum absolute atomic E-state index is 13.9. The van der Waals surface area contributed by atoms with E-state index in [0.29, 0.717) is 10.6 Å². The highest BCUT2D eigenvalue weighted by atomic mass is 32.2. The zero-order valence-corrected chi connectivity index (χ0v) is 10.4. The van der Waals surface area contributed by atoms with Crippen molar-refractivity contribution >= 4 is 23.1 Å². The number of benzene rings is 1. The van der Waals surface area contributed by atoms with Crippen LogP contribution in [-0.2, 0) is 4.84 Å². The fourth-order valence-electron chi connectivity index (χ4n) is 1.78. The van der Waals surface area contributed by atoms with Crippen molar-refractivity contribution in [3.63, 3.8) is 0 Å². The van der Waals surface area contributed by atoms with Crippen LogP contribution in [0.1, 0.15) is 0 Å². The summed E-state index contributed by atoms with van der Waals surface area (Å²) in [7, 11) is 1.25. The number of thioether (sulfide) groups is 1. The molecule has 1 aromatic rings. The zero-order chi connectivity index (χ0) is 12.3. The van der Waals surface area contributed by atoms with E-state index in [2.05, 4.69) is 4.84 Å². The van der Waals surface area contributed by atoms with Crippen LogP contribution in [0.2, 0.25) is 0 Å². The van der Waals surface area contributed by atoms with Crippen LogP contribution in [-0.4, -0.2) is 36.6 Å². The van der Waals surface area contributed by atoms with Crippen molar-refractivity contribution in [2.45, 2.75) is 0 Å². The molecule has 0 unspecified atom stereocenters. The Morgan fingerprint density at radius 2 is 2.12 bits per heavy atom. The maximum atomic E-state index is 13.9. The SMILES string of the molecule is CO[N+](=O)c1ccc(N2CCSCC2)c(F)c1. The molecule has 0 atom stereocenters. The highest BCUT2D eigenvalue weighted by molar-refractivity contribution is 7.99. The molecule has 0 aromatic heterocycles. The standard InChI is InChI=1S/C11H14FN2O2S/c1-16-14(15)9-2-3-11(10(12)8-9)13-4-6-17-7-5-13/h2-3,8H,4-7H2,1H3/q+1. The second-order valence-corrected chi connectivity index (χ2v) is 4.90. The van der Waals surface area contributed by atoms with Crippen LogP contribution in [0.25, 0.3) is 0 Å². The summed E-state index contributed by atoms with van der Waals surface area (Å²) in [5.41, 5.74) is 0.721. The molecular formula is C11H14FN2O2S+. The second-order valence-electron chi connectivity index (χ2n) is 3.67. The van der Waals surface area contributed by atoms with Crippen LogP contribution >= 0.6 is 11.8 Å². The van der Waals surface area contributed by atoms with Gasteiger partial charge in [-0.3, -0.25) is 0 Å². The van der Waals surface area contributed by atoms with Crippen molar-refractivity contribution in [1.29, 1.82) is 0 Å². The molecule has 1 aliphatic rings. The van der Waals surface area contributed by atoms with Gasteiger partial charge in [-0.25, -0.2) is 9.23 Å². The van der Waals surface area contributed by atoms with Gasteiger partial charge in [0, 0.05) is 30.7 Å². The summed E-state index contributed by atoms with van der Waals surface area (Å²) < 4.78 is 13.9. The topological polar surface area (TPSA) is 32.6 Å². The van der Waals surface area contributed by atoms with Crippen LogP contribution in [0.15, 0.2) is 18.2 Å². The first-order valence-electron chi connectivity index (χ1n) is 5.36. The van der Waals surface area contributed by atoms with E-state index < -0.39 is 0 Å². The molecule has 1 fully saturated rings. The molecule has 4 nitrogen and oxygen atoms in total. The molecule has 1 aromatic carbocycles. The summed E-state index contributed by atoms with van der Waals surface area (Å²) in [6.07, 6.45) is 0. The summed E-state index contributed by atoms with van der Waals surface area (Å²) in [6.45, 7) is 1.68. The Morgan fingerprint density at radius 3 is 2.71 bits per heavy atom. The Labute approximate surface area is 103 Å². The monoisotopic (exact) mass is 257 g/mol. The van der Waals surface area contributed by atoms with Gasteiger partial charge in [0.25, 0.3) is 4.92 Å². The minimum absolute atomic E-state index is 0.167. The fraction of sp³-hybridized carbons (Fsp3) is 0.455. The Bertz CT molecular complexity index is 422. The van der Waals surface area contributed by atoms with Gasteiger partial charge in [-0.1, -0.05) is 0 Å². The summed E-state index contributed by atoms with van der Waals surface area (Å²) in [6, 6.07) is 4.40. The fourth-order valence-corrected chi connectivity index (χ4v) is 2.68. The third-order valence-corrected chi connectivity index (χ3v) is 3.60. The molecular weight excluding hydrogens is 243 g/mol. The van der Waals surface area contributed by atoms with Gasteiger partial charge in [0.1, 0.15) is 0 Å². The Morgan fingerprint density at radius 1 is 1.41 bits per heavy atom. The highest BCUT2D eigenvalue weighted by Gasteiger charge is 2.20. The van der Waals surface area contributed by atoms with E-state index in [-0.39, 0.29) is 11.5 Å². The molecule has 0 radical (unpaired) electrons. The van der Waals surface area contributed by atoms with Crippen molar-refractivity contribution in [3.8, 4) is 0 Å². The molecule has 1 heterocycles. The first-order valence-corrected chi connectivity index (χ1v) is 6.51. The Hall–Kier alpha value is -1.30. The number of hydrogen-bond acceptors (Lipinski definition) is 4. The lowest BCUT2D eigenvalue weighted by atomic mass is 10.2. The first-order chi connectivity index (χ1) is 8.22. The quantitative estimate of drug-likeness (QED) is 0.778. The molecule has 0 N–H and O–H groups in total. The molecule has 2 rings (SSSR count). The lowest BCUT2D eigenvalue weighted by Crippen LogP contribution is -2.33. The third kappa shape index (κ3) is 2.69. The molecule has 0 spiro atoms. The van der Waals surface area contributed by atoms with Crippen LogP contribution in [0, 0.1) is 10.7 Å². The van der Waals surface area contributed by atoms with Crippen LogP contribution in [0.4, 0.5) is 15.8 Å². The van der Waals surface area contributed by atoms with Crippen molar-refractivity contribution in [1.82, 2.24) is 0 Å². The van der Waals surface area contributed by atoms with Gasteiger partial charge < -0.3 is 4.90 Å². The van der Waals surface area contributed by atoms with Gasteiger partial charge >= 0.3 is 5.69 Å². The molecule has 0 saturated carbocycles. The third-order valence-electron chi connectivity index (χ3n) is 2.66. The first kappa shape index (κ1) is 12.2. The minimum atomic E-state index is -0.382. The van der Waals surface area contributed by atoms with E-state index in [1.165, 1.54) is 13.2 Å². The van der Waals surface area contributed by atoms with Gasteiger partial charge in [-0.05, 0) is 6.07 Å². The largest absolute Gasteiger partial charge is 0.368 e. The predicted molar refractivity (Wildman–Crippen MR) is 66.2 cm³/mol. The van der Waals surface area contributed by atoms with E-state index in [4.69, 9.17) is 0 Å². The van der Waals surface area contributed by atoms with Crippen molar-refractivity contribution in [2.24, 2.45) is 0 Å². The van der Waals surface area contributed by atoms with Crippen LogP contribution in [0.5, 0.6) is 0 Å². The summed E-state index contributed by atoms with van der Waals surface area (Å²) in [4.78, 5) is 17.9. The van der Waals surface area contributed by atoms with Crippen molar-refractivity contribution < 1.29 is 14.2 Å². The molecule has 0 bridgehead atoms. The Kier molecular flexibility index (Phi) is 3.83. The zero-order valence-electron chi connectivity index (χ0n) is 9.56. The summed E-state index contributed by atoms with van der Waals surface area (Å²) in [5.74, 6) is 1.63. The Balaban J connectivity index is 2.21. The van der Waals surface area contributed by atoms with E-state index in [0.717, 1.165) is 24.6 Å². The van der Waals surface area contributed by atoms with Gasteiger partial charge in [-0.2, -0.15) is 11.8 Å². The number of halogens is 1. The molecule has 0 aliphatic carbocycles. The van der Waals surface area contributed by atoms with Gasteiger partial charge in [0.05, 0.1) is 16.7 Å². The van der Waals surface area contributed by atoms with E-state index in [1.54, 1.807) is 12.1 Å². The van der Waals surface area contributed by atoms with E-state index in [9.17, 15) is 9.30 Å². The maximum Gasteiger partial charge on any atom is 0.319 e. The summed E-state index contributed by atoms with van der Waals surface area (Å²) >= 11 is 1.87. The van der Waals surface area contributed by atoms with Crippen molar-refractivity contribution in [2.75, 3.05) is 36.6 Å². The van der Waals surface area contributed by atoms with Crippen molar-refractivity contribution in [3.05, 3.63) is 28.9 Å². The van der Waals surface area contributed by atoms with Gasteiger partial charge in [0.15, 0.2) is 12.9 Å². The summed E-state index contributed by atoms with van der Waals surface area (Å²) in [5, 5.41) is 0. The molecule has 1 saturated heterocycles. The molecule has 1 aliphatic heterocycles. The average Bonchev–Trinajstić information content (AvgIpc) is 2.38. The number of hydrogen-bond donors (Lipinski definition) is 0. The number of anilines is 1. The predicted octanol–water partition coefficient (Wildman–Crippen LogP) is 2.35. The molecule has 17 heavy (non-hydrogen) atoms. The lowest BCUT2D eigenvalue weighted by molar-refractivity contribution is -0.736. The minimum Gasteiger partial charge on any atom is -0.368 e. The smallest absolute Gasteiger partial charge is 0.319 e. The lowest BCUT2D eigenvalue weighted by Gasteiger charge is -2.28. The average molecular weight is 257 g/mol. The highest BCUT2D eigenvalue weighted by Crippen LogP contribution is 2.26. The molecule has 0 amide bonds. The van der Waals surface area contributed by atoms with E-state index >= 15 is 0 Å². The molecule has 6 heteroatoms. The van der Waals surface area contributed by atoms with Gasteiger partial charge in [-0.15, -0.1) is 0 Å².